The maximum absolute atomic E-state index is 10.5. The van der Waals surface area contributed by atoms with E-state index < -0.39 is 6.03 Å². The molecule has 0 bridgehead atoms. The van der Waals surface area contributed by atoms with Crippen molar-refractivity contribution in [3.63, 3.8) is 0 Å². The van der Waals surface area contributed by atoms with Crippen LogP contribution >= 0.6 is 0 Å². The van der Waals surface area contributed by atoms with Crippen LogP contribution in [0.15, 0.2) is 23.3 Å². The van der Waals surface area contributed by atoms with Crippen molar-refractivity contribution in [3.05, 3.63) is 23.8 Å². The minimum Gasteiger partial charge on any atom is -0.507 e. The van der Waals surface area contributed by atoms with Crippen LogP contribution < -0.4 is 15.9 Å². The zero-order valence-corrected chi connectivity index (χ0v) is 9.02. The first-order valence-corrected chi connectivity index (χ1v) is 4.51. The average Bonchev–Trinajstić information content (AvgIpc) is 2.26. The Balaban J connectivity index is 3.01. The van der Waals surface area contributed by atoms with E-state index in [0.717, 1.165) is 0 Å². The molecule has 1 aromatic carbocycles. The number of hydrogen-bond acceptors (Lipinski definition) is 4. The van der Waals surface area contributed by atoms with Gasteiger partial charge in [-0.1, -0.05) is 0 Å². The Labute approximate surface area is 92.7 Å². The van der Waals surface area contributed by atoms with Crippen LogP contribution in [0.1, 0.15) is 12.5 Å². The number of amides is 2. The van der Waals surface area contributed by atoms with E-state index in [9.17, 15) is 9.90 Å². The van der Waals surface area contributed by atoms with Crippen molar-refractivity contribution in [1.29, 1.82) is 0 Å². The highest BCUT2D eigenvalue weighted by atomic mass is 16.5. The Morgan fingerprint density at radius 2 is 2.25 bits per heavy atom. The van der Waals surface area contributed by atoms with E-state index >= 15 is 0 Å². The fourth-order valence-corrected chi connectivity index (χ4v) is 1.13. The number of hydrazone groups is 1. The molecule has 1 rings (SSSR count). The second-order valence-electron chi connectivity index (χ2n) is 3.06. The first-order valence-electron chi connectivity index (χ1n) is 4.51. The van der Waals surface area contributed by atoms with Crippen LogP contribution in [0, 0.1) is 0 Å². The topological polar surface area (TPSA) is 96.9 Å². The summed E-state index contributed by atoms with van der Waals surface area (Å²) in [6.07, 6.45) is 0. The maximum atomic E-state index is 10.5. The van der Waals surface area contributed by atoms with Gasteiger partial charge in [-0.2, -0.15) is 5.10 Å². The average molecular weight is 223 g/mol. The van der Waals surface area contributed by atoms with Crippen molar-refractivity contribution in [2.24, 2.45) is 10.8 Å². The highest BCUT2D eigenvalue weighted by Crippen LogP contribution is 2.23. The van der Waals surface area contributed by atoms with Crippen LogP contribution in [0.25, 0.3) is 0 Å². The van der Waals surface area contributed by atoms with Gasteiger partial charge >= 0.3 is 6.03 Å². The second kappa shape index (κ2) is 5.01. The minimum atomic E-state index is -0.762. The third kappa shape index (κ3) is 2.88. The highest BCUT2D eigenvalue weighted by molar-refractivity contribution is 6.01. The Kier molecular flexibility index (Phi) is 3.71. The van der Waals surface area contributed by atoms with E-state index in [1.54, 1.807) is 19.1 Å². The van der Waals surface area contributed by atoms with Gasteiger partial charge in [0.2, 0.25) is 0 Å². The number of primary amides is 1. The largest absolute Gasteiger partial charge is 0.507 e. The molecule has 4 N–H and O–H groups in total. The molecule has 6 heteroatoms. The van der Waals surface area contributed by atoms with Crippen molar-refractivity contribution in [2.75, 3.05) is 7.11 Å². The number of hydrogen-bond donors (Lipinski definition) is 3. The molecule has 0 aliphatic carbocycles. The molecule has 6 nitrogen and oxygen atoms in total. The molecular weight excluding hydrogens is 210 g/mol. The van der Waals surface area contributed by atoms with Crippen molar-refractivity contribution in [3.8, 4) is 11.5 Å². The lowest BCUT2D eigenvalue weighted by atomic mass is 10.1. The van der Waals surface area contributed by atoms with E-state index in [1.165, 1.54) is 13.2 Å². The molecule has 0 aliphatic rings. The first-order chi connectivity index (χ1) is 7.54. The summed E-state index contributed by atoms with van der Waals surface area (Å²) in [5, 5.41) is 13.3. The normalized spacial score (nSPS) is 11.0. The smallest absolute Gasteiger partial charge is 0.332 e. The Morgan fingerprint density at radius 3 is 2.81 bits per heavy atom. The molecule has 0 unspecified atom stereocenters. The third-order valence-electron chi connectivity index (χ3n) is 1.93. The van der Waals surface area contributed by atoms with Gasteiger partial charge in [0.1, 0.15) is 11.5 Å². The van der Waals surface area contributed by atoms with Crippen molar-refractivity contribution >= 4 is 11.7 Å². The van der Waals surface area contributed by atoms with Crippen LogP contribution in [-0.4, -0.2) is 24.0 Å². The third-order valence-corrected chi connectivity index (χ3v) is 1.93. The molecule has 0 saturated heterocycles. The molecule has 1 aromatic rings. The van der Waals surface area contributed by atoms with Gasteiger partial charge in [-0.25, -0.2) is 10.2 Å². The number of nitrogens with zero attached hydrogens (tertiary/aromatic N) is 1. The van der Waals surface area contributed by atoms with Crippen molar-refractivity contribution in [1.82, 2.24) is 5.43 Å². The number of benzene rings is 1. The van der Waals surface area contributed by atoms with Gasteiger partial charge in [-0.05, 0) is 25.1 Å². The molecule has 86 valence electrons. The van der Waals surface area contributed by atoms with Crippen molar-refractivity contribution < 1.29 is 14.6 Å². The van der Waals surface area contributed by atoms with Crippen LogP contribution in [-0.2, 0) is 0 Å². The summed E-state index contributed by atoms with van der Waals surface area (Å²) < 4.78 is 5.01. The van der Waals surface area contributed by atoms with Gasteiger partial charge in [-0.15, -0.1) is 0 Å². The second-order valence-corrected chi connectivity index (χ2v) is 3.06. The van der Waals surface area contributed by atoms with Crippen LogP contribution in [0.5, 0.6) is 11.5 Å². The molecule has 0 radical (unpaired) electrons. The molecule has 2 amide bonds. The van der Waals surface area contributed by atoms with Crippen molar-refractivity contribution in [2.45, 2.75) is 6.92 Å². The Hall–Kier alpha value is -2.24. The summed E-state index contributed by atoms with van der Waals surface area (Å²) in [7, 11) is 1.52. The van der Waals surface area contributed by atoms with Gasteiger partial charge in [0.25, 0.3) is 0 Å². The molecule has 0 fully saturated rings. The zero-order chi connectivity index (χ0) is 12.1. The molecular formula is C10H13N3O3. The van der Waals surface area contributed by atoms with Gasteiger partial charge in [0, 0.05) is 5.56 Å². The Morgan fingerprint density at radius 1 is 1.56 bits per heavy atom. The number of urea groups is 1. The number of nitrogens with two attached hydrogens (primary N) is 1. The molecule has 0 aliphatic heterocycles. The molecule has 0 spiro atoms. The molecule has 16 heavy (non-hydrogen) atoms. The number of aromatic hydroxyl groups is 1. The fraction of sp³-hybridized carbons (Fsp3) is 0.200. The van der Waals surface area contributed by atoms with Gasteiger partial charge in [0.05, 0.1) is 12.8 Å². The lowest BCUT2D eigenvalue weighted by molar-refractivity contribution is 0.249. The van der Waals surface area contributed by atoms with E-state index in [-0.39, 0.29) is 5.75 Å². The van der Waals surface area contributed by atoms with Gasteiger partial charge < -0.3 is 15.6 Å². The monoisotopic (exact) mass is 223 g/mol. The molecule has 0 aromatic heterocycles. The lowest BCUT2D eigenvalue weighted by Gasteiger charge is -2.06. The maximum Gasteiger partial charge on any atom is 0.332 e. The standard InChI is InChI=1S/C10H13N3O3/c1-6(12-13-10(11)15)8-5-7(16-2)3-4-9(8)14/h3-5,14H,1-2H3,(H3,11,13,15)/b12-6+. The number of phenolic OH excluding ortho intramolecular Hbond substituents is 1. The lowest BCUT2D eigenvalue weighted by Crippen LogP contribution is -2.25. The number of rotatable bonds is 3. The molecule has 0 atom stereocenters. The SMILES string of the molecule is COc1ccc(O)c(/C(C)=N/NC(N)=O)c1. The number of ether oxygens (including phenoxy) is 1. The van der Waals surface area contributed by atoms with Gasteiger partial charge in [-0.3, -0.25) is 0 Å². The predicted molar refractivity (Wildman–Crippen MR) is 59.6 cm³/mol. The summed E-state index contributed by atoms with van der Waals surface area (Å²) in [6.45, 7) is 1.63. The number of nitrogens with one attached hydrogen (secondary N) is 1. The Bertz CT molecular complexity index is 429. The first kappa shape index (κ1) is 11.8. The zero-order valence-electron chi connectivity index (χ0n) is 9.02. The minimum absolute atomic E-state index is 0.0494. The van der Waals surface area contributed by atoms with E-state index in [2.05, 4.69) is 10.5 Å². The van der Waals surface area contributed by atoms with Crippen LogP contribution in [0.4, 0.5) is 4.79 Å². The number of methoxy groups -OCH3 is 1. The van der Waals surface area contributed by atoms with E-state index in [1.807, 2.05) is 0 Å². The molecule has 0 saturated carbocycles. The number of carbonyl (C=O) groups is 1. The number of phenols is 1. The van der Waals surface area contributed by atoms with Gasteiger partial charge in [0.15, 0.2) is 0 Å². The molecule has 0 heterocycles. The van der Waals surface area contributed by atoms with E-state index in [0.29, 0.717) is 17.0 Å². The fourth-order valence-electron chi connectivity index (χ4n) is 1.13. The number of carbonyl (C=O) groups excluding carboxylic acids is 1. The van der Waals surface area contributed by atoms with Crippen LogP contribution in [0.2, 0.25) is 0 Å². The summed E-state index contributed by atoms with van der Waals surface area (Å²) in [5.41, 5.74) is 7.84. The quantitative estimate of drug-likeness (QED) is 0.522. The van der Waals surface area contributed by atoms with E-state index in [4.69, 9.17) is 10.5 Å². The van der Waals surface area contributed by atoms with Crippen LogP contribution in [0.3, 0.4) is 0 Å². The summed E-state index contributed by atoms with van der Waals surface area (Å²) in [6, 6.07) is 3.95. The summed E-state index contributed by atoms with van der Waals surface area (Å²) in [4.78, 5) is 10.5. The highest BCUT2D eigenvalue weighted by Gasteiger charge is 2.06. The summed E-state index contributed by atoms with van der Waals surface area (Å²) in [5.74, 6) is 0.634. The summed E-state index contributed by atoms with van der Waals surface area (Å²) >= 11 is 0. The predicted octanol–water partition coefficient (Wildman–Crippen LogP) is 0.793.